The van der Waals surface area contributed by atoms with Gasteiger partial charge >= 0.3 is 0 Å². The van der Waals surface area contributed by atoms with Crippen molar-refractivity contribution in [1.29, 1.82) is 0 Å². The van der Waals surface area contributed by atoms with Gasteiger partial charge in [-0.2, -0.15) is 0 Å². The van der Waals surface area contributed by atoms with Crippen molar-refractivity contribution in [2.24, 2.45) is 5.92 Å². The molecule has 0 radical (unpaired) electrons. The summed E-state index contributed by atoms with van der Waals surface area (Å²) in [6.45, 7) is 9.87. The molecule has 0 spiro atoms. The largest absolute Gasteiger partial charge is 0.383 e. The molecular weight excluding hydrogens is 290 g/mol. The molecule has 0 bridgehead atoms. The molecule has 0 unspecified atom stereocenters. The highest BCUT2D eigenvalue weighted by Gasteiger charge is 2.24. The lowest BCUT2D eigenvalue weighted by atomic mass is 9.99. The first-order valence-electron chi connectivity index (χ1n) is 8.77. The van der Waals surface area contributed by atoms with E-state index in [1.54, 1.807) is 7.11 Å². The summed E-state index contributed by atoms with van der Waals surface area (Å²) in [5, 5.41) is 0. The molecule has 2 aliphatic rings. The number of rotatable bonds is 5. The van der Waals surface area contributed by atoms with Crippen LogP contribution in [0, 0.1) is 12.8 Å². The predicted molar refractivity (Wildman–Crippen MR) is 91.9 cm³/mol. The third-order valence-corrected chi connectivity index (χ3v) is 4.90. The Morgan fingerprint density at radius 2 is 2.09 bits per heavy atom. The van der Waals surface area contributed by atoms with Crippen LogP contribution in [-0.4, -0.2) is 63.0 Å². The quantitative estimate of drug-likeness (QED) is 0.831. The fraction of sp³-hybridized carbons (Fsp3) is 0.722. The summed E-state index contributed by atoms with van der Waals surface area (Å²) in [5.41, 5.74) is 2.43. The summed E-state index contributed by atoms with van der Waals surface area (Å²) in [5.74, 6) is 1.92. The Bertz CT molecular complexity index is 503. The lowest BCUT2D eigenvalue weighted by Crippen LogP contribution is -2.36. The monoisotopic (exact) mass is 319 g/mol. The summed E-state index contributed by atoms with van der Waals surface area (Å²) in [4.78, 5) is 9.79. The minimum atomic E-state index is 0.745. The molecule has 1 aromatic rings. The van der Waals surface area contributed by atoms with Gasteiger partial charge in [0.15, 0.2) is 0 Å². The van der Waals surface area contributed by atoms with Gasteiger partial charge in [-0.3, -0.25) is 4.90 Å². The van der Waals surface area contributed by atoms with Crippen molar-refractivity contribution in [1.82, 2.24) is 9.88 Å². The highest BCUT2D eigenvalue weighted by molar-refractivity contribution is 5.48. The predicted octanol–water partition coefficient (Wildman–Crippen LogP) is 2.09. The normalized spacial score (nSPS) is 20.3. The van der Waals surface area contributed by atoms with Gasteiger partial charge < -0.3 is 14.4 Å². The summed E-state index contributed by atoms with van der Waals surface area (Å²) in [6, 6.07) is 4.38. The van der Waals surface area contributed by atoms with Crippen LogP contribution < -0.4 is 4.90 Å². The SMILES string of the molecule is COCCN1CCN(CC2CCOCC2)Cc2ccc(C)nc21. The Hall–Kier alpha value is -1.17. The molecule has 3 rings (SSSR count). The maximum absolute atomic E-state index is 5.49. The molecule has 1 saturated heterocycles. The van der Waals surface area contributed by atoms with Crippen molar-refractivity contribution in [3.63, 3.8) is 0 Å². The summed E-state index contributed by atoms with van der Waals surface area (Å²) in [7, 11) is 1.76. The Morgan fingerprint density at radius 1 is 1.26 bits per heavy atom. The average Bonchev–Trinajstić information content (AvgIpc) is 2.73. The number of pyridine rings is 1. The van der Waals surface area contributed by atoms with Crippen molar-refractivity contribution in [3.8, 4) is 0 Å². The van der Waals surface area contributed by atoms with Crippen LogP contribution in [0.2, 0.25) is 0 Å². The molecule has 0 atom stereocenters. The van der Waals surface area contributed by atoms with E-state index in [1.165, 1.54) is 24.9 Å². The maximum atomic E-state index is 5.49. The number of nitrogens with zero attached hydrogens (tertiary/aromatic N) is 3. The van der Waals surface area contributed by atoms with Gasteiger partial charge in [-0.25, -0.2) is 4.98 Å². The number of aromatic nitrogens is 1. The molecule has 1 fully saturated rings. The summed E-state index contributed by atoms with van der Waals surface area (Å²) < 4.78 is 10.8. The van der Waals surface area contributed by atoms with Gasteiger partial charge in [-0.05, 0) is 31.7 Å². The van der Waals surface area contributed by atoms with Gasteiger partial charge in [-0.1, -0.05) is 6.07 Å². The lowest BCUT2D eigenvalue weighted by Gasteiger charge is -2.29. The highest BCUT2D eigenvalue weighted by Crippen LogP contribution is 2.25. The van der Waals surface area contributed by atoms with Crippen molar-refractivity contribution in [2.45, 2.75) is 26.3 Å². The number of anilines is 1. The average molecular weight is 319 g/mol. The van der Waals surface area contributed by atoms with E-state index in [9.17, 15) is 0 Å². The van der Waals surface area contributed by atoms with Gasteiger partial charge in [0.05, 0.1) is 6.61 Å². The highest BCUT2D eigenvalue weighted by atomic mass is 16.5. The van der Waals surface area contributed by atoms with E-state index in [0.29, 0.717) is 0 Å². The number of fused-ring (bicyclic) bond motifs is 1. The maximum Gasteiger partial charge on any atom is 0.133 e. The molecular formula is C18H29N3O2. The second-order valence-electron chi connectivity index (χ2n) is 6.71. The first kappa shape index (κ1) is 16.7. The topological polar surface area (TPSA) is 37.8 Å². The van der Waals surface area contributed by atoms with E-state index in [0.717, 1.165) is 63.4 Å². The smallest absolute Gasteiger partial charge is 0.133 e. The summed E-state index contributed by atoms with van der Waals surface area (Å²) >= 11 is 0. The second kappa shape index (κ2) is 8.08. The van der Waals surface area contributed by atoms with Crippen LogP contribution >= 0.6 is 0 Å². The molecule has 3 heterocycles. The number of aryl methyl sites for hydroxylation is 1. The van der Waals surface area contributed by atoms with E-state index in [2.05, 4.69) is 28.9 Å². The first-order valence-corrected chi connectivity index (χ1v) is 8.77. The van der Waals surface area contributed by atoms with E-state index in [1.807, 2.05) is 0 Å². The zero-order chi connectivity index (χ0) is 16.1. The van der Waals surface area contributed by atoms with Crippen molar-refractivity contribution < 1.29 is 9.47 Å². The zero-order valence-electron chi connectivity index (χ0n) is 14.5. The second-order valence-corrected chi connectivity index (χ2v) is 6.71. The Morgan fingerprint density at radius 3 is 2.87 bits per heavy atom. The van der Waals surface area contributed by atoms with Crippen LogP contribution in [0.15, 0.2) is 12.1 Å². The van der Waals surface area contributed by atoms with Crippen LogP contribution in [0.5, 0.6) is 0 Å². The molecule has 128 valence electrons. The number of hydrogen-bond acceptors (Lipinski definition) is 5. The van der Waals surface area contributed by atoms with E-state index in [4.69, 9.17) is 14.5 Å². The molecule has 1 aromatic heterocycles. The number of ether oxygens (including phenoxy) is 2. The summed E-state index contributed by atoms with van der Waals surface area (Å²) in [6.07, 6.45) is 2.39. The molecule has 0 N–H and O–H groups in total. The standard InChI is InChI=1S/C18H29N3O2/c1-15-3-4-17-14-20(13-16-5-10-23-11-6-16)7-8-21(9-12-22-2)18(17)19-15/h3-4,16H,5-14H2,1-2H3. The molecule has 2 aliphatic heterocycles. The van der Waals surface area contributed by atoms with Gasteiger partial charge in [0, 0.05) is 64.3 Å². The molecule has 5 nitrogen and oxygen atoms in total. The van der Waals surface area contributed by atoms with E-state index in [-0.39, 0.29) is 0 Å². The van der Waals surface area contributed by atoms with Crippen LogP contribution in [0.4, 0.5) is 5.82 Å². The van der Waals surface area contributed by atoms with Crippen molar-refractivity contribution in [2.75, 3.05) is 58.0 Å². The third-order valence-electron chi connectivity index (χ3n) is 4.90. The zero-order valence-corrected chi connectivity index (χ0v) is 14.5. The van der Waals surface area contributed by atoms with Gasteiger partial charge in [-0.15, -0.1) is 0 Å². The molecule has 23 heavy (non-hydrogen) atoms. The lowest BCUT2D eigenvalue weighted by molar-refractivity contribution is 0.0520. The van der Waals surface area contributed by atoms with Crippen LogP contribution in [0.1, 0.15) is 24.1 Å². The van der Waals surface area contributed by atoms with Crippen LogP contribution in [-0.2, 0) is 16.0 Å². The van der Waals surface area contributed by atoms with Crippen molar-refractivity contribution in [3.05, 3.63) is 23.4 Å². The minimum Gasteiger partial charge on any atom is -0.383 e. The fourth-order valence-corrected chi connectivity index (χ4v) is 3.53. The van der Waals surface area contributed by atoms with Gasteiger partial charge in [0.25, 0.3) is 0 Å². The third kappa shape index (κ3) is 4.43. The Balaban J connectivity index is 1.71. The van der Waals surface area contributed by atoms with Crippen LogP contribution in [0.3, 0.4) is 0 Å². The van der Waals surface area contributed by atoms with Gasteiger partial charge in [0.2, 0.25) is 0 Å². The number of methoxy groups -OCH3 is 1. The van der Waals surface area contributed by atoms with E-state index < -0.39 is 0 Å². The first-order chi connectivity index (χ1) is 11.3. The molecule has 0 aromatic carbocycles. The fourth-order valence-electron chi connectivity index (χ4n) is 3.53. The Kier molecular flexibility index (Phi) is 5.86. The Labute approximate surface area is 139 Å². The molecule has 5 heteroatoms. The minimum absolute atomic E-state index is 0.745. The van der Waals surface area contributed by atoms with Crippen LogP contribution in [0.25, 0.3) is 0 Å². The van der Waals surface area contributed by atoms with E-state index >= 15 is 0 Å². The van der Waals surface area contributed by atoms with Crippen molar-refractivity contribution >= 4 is 5.82 Å². The molecule has 0 aliphatic carbocycles. The molecule has 0 amide bonds. The van der Waals surface area contributed by atoms with Gasteiger partial charge in [0.1, 0.15) is 5.82 Å². The molecule has 0 saturated carbocycles. The number of hydrogen-bond donors (Lipinski definition) is 0.